The lowest BCUT2D eigenvalue weighted by Crippen LogP contribution is -2.47. The summed E-state index contributed by atoms with van der Waals surface area (Å²) in [5.74, 6) is -0.0346. The Bertz CT molecular complexity index is 1260. The number of H-pyrrole nitrogens is 1. The van der Waals surface area contributed by atoms with E-state index in [9.17, 15) is 9.59 Å². The average molecular weight is 510 g/mol. The Hall–Kier alpha value is -3.50. The van der Waals surface area contributed by atoms with Crippen LogP contribution in [-0.4, -0.2) is 76.0 Å². The van der Waals surface area contributed by atoms with Gasteiger partial charge < -0.3 is 19.5 Å². The van der Waals surface area contributed by atoms with Crippen LogP contribution in [0.5, 0.6) is 5.88 Å². The van der Waals surface area contributed by atoms with E-state index in [1.165, 1.54) is 7.11 Å². The predicted octanol–water partition coefficient (Wildman–Crippen LogP) is 3.78. The number of aromatic nitrogens is 3. The lowest BCUT2D eigenvalue weighted by atomic mass is 10.0. The van der Waals surface area contributed by atoms with E-state index in [0.29, 0.717) is 31.1 Å². The first-order valence-electron chi connectivity index (χ1n) is 12.4. The Balaban J connectivity index is 1.48. The molecule has 0 spiro atoms. The van der Waals surface area contributed by atoms with Crippen LogP contribution in [-0.2, 0) is 19.1 Å². The second kappa shape index (κ2) is 10.5. The molecule has 1 fully saturated rings. The number of anilines is 1. The van der Waals surface area contributed by atoms with Crippen molar-refractivity contribution in [1.82, 2.24) is 20.1 Å². The third-order valence-corrected chi connectivity index (χ3v) is 6.08. The van der Waals surface area contributed by atoms with E-state index < -0.39 is 11.2 Å². The lowest BCUT2D eigenvalue weighted by Gasteiger charge is -2.27. The lowest BCUT2D eigenvalue weighted by molar-refractivity contribution is -0.156. The Kier molecular flexibility index (Phi) is 7.52. The summed E-state index contributed by atoms with van der Waals surface area (Å²) in [5, 5.41) is 11.3. The molecule has 37 heavy (non-hydrogen) atoms. The van der Waals surface area contributed by atoms with Crippen molar-refractivity contribution in [2.75, 3.05) is 32.1 Å². The van der Waals surface area contributed by atoms with Gasteiger partial charge >= 0.3 is 5.97 Å². The van der Waals surface area contributed by atoms with Gasteiger partial charge in [0.05, 0.1) is 18.2 Å². The van der Waals surface area contributed by atoms with E-state index in [2.05, 4.69) is 20.5 Å². The van der Waals surface area contributed by atoms with E-state index >= 15 is 0 Å². The quantitative estimate of drug-likeness (QED) is 0.441. The zero-order valence-corrected chi connectivity index (χ0v) is 22.3. The van der Waals surface area contributed by atoms with Crippen LogP contribution in [0.4, 0.5) is 5.69 Å². The summed E-state index contributed by atoms with van der Waals surface area (Å²) in [4.78, 5) is 31.9. The number of methoxy groups -OCH3 is 1. The first kappa shape index (κ1) is 26.6. The minimum absolute atomic E-state index is 0.0374. The molecule has 1 saturated heterocycles. The molecule has 1 aliphatic heterocycles. The summed E-state index contributed by atoms with van der Waals surface area (Å²) >= 11 is 0. The number of ether oxygens (including phenoxy) is 3. The Morgan fingerprint density at radius 2 is 2.00 bits per heavy atom. The number of pyridine rings is 1. The fraction of sp³-hybridized carbons (Fsp3) is 0.481. The van der Waals surface area contributed by atoms with Crippen LogP contribution in [0.1, 0.15) is 41.0 Å². The third-order valence-electron chi connectivity index (χ3n) is 6.08. The molecule has 1 aromatic carbocycles. The minimum Gasteiger partial charge on any atom is -0.475 e. The number of aromatic amines is 1. The fourth-order valence-corrected chi connectivity index (χ4v) is 4.38. The van der Waals surface area contributed by atoms with Crippen molar-refractivity contribution < 1.29 is 23.8 Å². The van der Waals surface area contributed by atoms with Crippen molar-refractivity contribution in [3.05, 3.63) is 36.5 Å². The van der Waals surface area contributed by atoms with Crippen molar-refractivity contribution in [2.45, 2.75) is 58.3 Å². The zero-order valence-electron chi connectivity index (χ0n) is 22.3. The van der Waals surface area contributed by atoms with E-state index in [-0.39, 0.29) is 24.5 Å². The number of carbonyl (C=O) groups is 2. The number of likely N-dealkylation sites (tertiary alicyclic amines) is 1. The molecule has 1 atom stereocenters. The highest BCUT2D eigenvalue weighted by atomic mass is 16.6. The van der Waals surface area contributed by atoms with Crippen LogP contribution in [0.3, 0.4) is 0 Å². The molecule has 0 bridgehead atoms. The molecule has 198 valence electrons. The van der Waals surface area contributed by atoms with E-state index in [1.54, 1.807) is 6.20 Å². The summed E-state index contributed by atoms with van der Waals surface area (Å²) in [5.41, 5.74) is 1.38. The van der Waals surface area contributed by atoms with Gasteiger partial charge in [0.15, 0.2) is 5.60 Å². The molecule has 0 unspecified atom stereocenters. The first-order chi connectivity index (χ1) is 17.5. The number of nitrogens with one attached hydrogen (secondary N) is 2. The van der Waals surface area contributed by atoms with Crippen molar-refractivity contribution in [1.29, 1.82) is 0 Å². The highest BCUT2D eigenvalue weighted by Gasteiger charge is 2.45. The van der Waals surface area contributed by atoms with Crippen LogP contribution >= 0.6 is 0 Å². The molecule has 0 aliphatic carbocycles. The molecule has 4 rings (SSSR count). The summed E-state index contributed by atoms with van der Waals surface area (Å²) < 4.78 is 16.8. The van der Waals surface area contributed by atoms with E-state index in [1.807, 2.05) is 69.9 Å². The summed E-state index contributed by atoms with van der Waals surface area (Å²) in [7, 11) is 1.52. The SMILES string of the molecule is CO[C@@]1(C(=O)Nc2ccc3[nH]nc(-c4ccc(OC(C)C)nc4)c3c2)CCN(CC(=O)OC(C)(C)C)C1. The maximum absolute atomic E-state index is 13.4. The average Bonchev–Trinajstić information content (AvgIpc) is 3.42. The molecule has 1 amide bonds. The number of rotatable bonds is 8. The molecule has 10 heteroatoms. The molecular weight excluding hydrogens is 474 g/mol. The van der Waals surface area contributed by atoms with Gasteiger partial charge in [-0.2, -0.15) is 5.10 Å². The topological polar surface area (TPSA) is 119 Å². The summed E-state index contributed by atoms with van der Waals surface area (Å²) in [6, 6.07) is 9.28. The number of nitrogens with zero attached hydrogens (tertiary/aromatic N) is 3. The largest absolute Gasteiger partial charge is 0.475 e. The molecule has 3 aromatic rings. The summed E-state index contributed by atoms with van der Waals surface area (Å²) in [6.45, 7) is 10.3. The maximum Gasteiger partial charge on any atom is 0.320 e. The van der Waals surface area contributed by atoms with Crippen LogP contribution in [0.25, 0.3) is 22.2 Å². The normalized spacial score (nSPS) is 18.4. The van der Waals surface area contributed by atoms with E-state index in [4.69, 9.17) is 14.2 Å². The molecule has 3 heterocycles. The van der Waals surface area contributed by atoms with Gasteiger partial charge in [-0.25, -0.2) is 4.98 Å². The van der Waals surface area contributed by atoms with Crippen LogP contribution < -0.4 is 10.1 Å². The second-order valence-electron chi connectivity index (χ2n) is 10.6. The van der Waals surface area contributed by atoms with Gasteiger partial charge in [-0.05, 0) is 65.3 Å². The third kappa shape index (κ3) is 6.26. The first-order valence-corrected chi connectivity index (χ1v) is 12.4. The van der Waals surface area contributed by atoms with Crippen molar-refractivity contribution in [2.24, 2.45) is 0 Å². The molecule has 10 nitrogen and oxygen atoms in total. The second-order valence-corrected chi connectivity index (χ2v) is 10.6. The Morgan fingerprint density at radius 1 is 1.22 bits per heavy atom. The molecule has 1 aliphatic rings. The maximum atomic E-state index is 13.4. The van der Waals surface area contributed by atoms with Crippen LogP contribution in [0, 0.1) is 0 Å². The van der Waals surface area contributed by atoms with Gasteiger partial charge in [-0.15, -0.1) is 0 Å². The van der Waals surface area contributed by atoms with Crippen molar-refractivity contribution in [3.8, 4) is 17.1 Å². The highest BCUT2D eigenvalue weighted by Crippen LogP contribution is 2.31. The monoisotopic (exact) mass is 509 g/mol. The fourth-order valence-electron chi connectivity index (χ4n) is 4.38. The number of carbonyl (C=O) groups excluding carboxylic acids is 2. The Labute approximate surface area is 216 Å². The molecule has 0 radical (unpaired) electrons. The number of fused-ring (bicyclic) bond motifs is 1. The number of hydrogen-bond acceptors (Lipinski definition) is 8. The molecular formula is C27H35N5O5. The molecule has 2 aromatic heterocycles. The van der Waals surface area contributed by atoms with E-state index in [0.717, 1.165) is 22.2 Å². The van der Waals surface area contributed by atoms with Gasteiger partial charge in [0.1, 0.15) is 11.3 Å². The molecule has 0 saturated carbocycles. The number of hydrogen-bond donors (Lipinski definition) is 2. The zero-order chi connectivity index (χ0) is 26.8. The van der Waals surface area contributed by atoms with Gasteiger partial charge in [0.2, 0.25) is 5.88 Å². The van der Waals surface area contributed by atoms with Gasteiger partial charge in [0, 0.05) is 49.1 Å². The van der Waals surface area contributed by atoms with Gasteiger partial charge in [-0.1, -0.05) is 0 Å². The standard InChI is InChI=1S/C27H35N5O5/c1-17(2)36-22-10-7-18(14-28-22)24-20-13-19(8-9-21(20)30-31-24)29-25(34)27(35-6)11-12-32(16-27)15-23(33)37-26(3,4)5/h7-10,13-14,17H,11-12,15-16H2,1-6H3,(H,29,34)(H,30,31)/t27-/m0/s1. The smallest absolute Gasteiger partial charge is 0.320 e. The van der Waals surface area contributed by atoms with Gasteiger partial charge in [0.25, 0.3) is 5.91 Å². The summed E-state index contributed by atoms with van der Waals surface area (Å²) in [6.07, 6.45) is 2.22. The van der Waals surface area contributed by atoms with Crippen molar-refractivity contribution in [3.63, 3.8) is 0 Å². The number of esters is 1. The number of amides is 1. The Morgan fingerprint density at radius 3 is 2.65 bits per heavy atom. The van der Waals surface area contributed by atoms with Crippen molar-refractivity contribution >= 4 is 28.5 Å². The van der Waals surface area contributed by atoms with Crippen LogP contribution in [0.15, 0.2) is 36.5 Å². The van der Waals surface area contributed by atoms with Gasteiger partial charge in [-0.3, -0.25) is 19.6 Å². The number of benzene rings is 1. The highest BCUT2D eigenvalue weighted by molar-refractivity contribution is 6.01. The minimum atomic E-state index is -1.06. The molecule has 2 N–H and O–H groups in total. The predicted molar refractivity (Wildman–Crippen MR) is 140 cm³/mol. The van der Waals surface area contributed by atoms with Crippen LogP contribution in [0.2, 0.25) is 0 Å².